The van der Waals surface area contributed by atoms with Gasteiger partial charge < -0.3 is 39.1 Å². The van der Waals surface area contributed by atoms with Crippen LogP contribution < -0.4 is 4.74 Å². The van der Waals surface area contributed by atoms with Crippen molar-refractivity contribution in [3.63, 3.8) is 0 Å². The summed E-state index contributed by atoms with van der Waals surface area (Å²) in [5.41, 5.74) is 1.57. The number of rotatable bonds is 5. The van der Waals surface area contributed by atoms with Crippen molar-refractivity contribution in [1.29, 1.82) is 0 Å². The van der Waals surface area contributed by atoms with Crippen LogP contribution in [0.2, 0.25) is 0 Å². The molecule has 9 nitrogen and oxygen atoms in total. The molecule has 4 N–H and O–H groups in total. The molecule has 4 rings (SSSR count). The van der Waals surface area contributed by atoms with Crippen molar-refractivity contribution in [3.05, 3.63) is 54.1 Å². The molecule has 0 bridgehead atoms. The average Bonchev–Trinajstić information content (AvgIpc) is 3.22. The Morgan fingerprint density at radius 1 is 1.00 bits per heavy atom. The van der Waals surface area contributed by atoms with Crippen molar-refractivity contribution in [2.75, 3.05) is 13.7 Å². The topological polar surface area (TPSA) is 139 Å². The highest BCUT2D eigenvalue weighted by Gasteiger charge is 2.45. The summed E-state index contributed by atoms with van der Waals surface area (Å²) < 4.78 is 21.4. The predicted octanol–water partition coefficient (Wildman–Crippen LogP) is 1.07. The second kappa shape index (κ2) is 8.66. The average molecular weight is 430 g/mol. The number of aliphatic hydroxyl groups excluding tert-OH is 4. The summed E-state index contributed by atoms with van der Waals surface area (Å²) in [5, 5.41) is 39.6. The van der Waals surface area contributed by atoms with Gasteiger partial charge in [-0.25, -0.2) is 4.79 Å². The Hall–Kier alpha value is -2.95. The Morgan fingerprint density at radius 2 is 1.74 bits per heavy atom. The van der Waals surface area contributed by atoms with Crippen LogP contribution in [0, 0.1) is 0 Å². The summed E-state index contributed by atoms with van der Waals surface area (Å²) in [7, 11) is 1.58. The summed E-state index contributed by atoms with van der Waals surface area (Å²) >= 11 is 0. The Morgan fingerprint density at radius 3 is 2.42 bits per heavy atom. The minimum atomic E-state index is -1.67. The van der Waals surface area contributed by atoms with E-state index in [1.165, 1.54) is 6.07 Å². The van der Waals surface area contributed by atoms with E-state index in [0.717, 1.165) is 11.3 Å². The van der Waals surface area contributed by atoms with Gasteiger partial charge in [0, 0.05) is 10.9 Å². The van der Waals surface area contributed by atoms with Gasteiger partial charge in [-0.3, -0.25) is 0 Å². The predicted molar refractivity (Wildman–Crippen MR) is 107 cm³/mol. The molecule has 3 aromatic rings. The van der Waals surface area contributed by atoms with E-state index in [4.69, 9.17) is 18.6 Å². The van der Waals surface area contributed by atoms with E-state index < -0.39 is 43.3 Å². The maximum atomic E-state index is 12.6. The molecule has 0 aliphatic carbocycles. The molecule has 0 spiro atoms. The SMILES string of the molecule is COc1ccc(-c2cc3cc(C(=O)O[C@@H]4O[C@H](CO)[C@@H](O)[C@H](O)[C@H]4O)ccc3o2)cc1. The molecular formula is C22H22O9. The molecule has 0 amide bonds. The van der Waals surface area contributed by atoms with Crippen LogP contribution in [0.25, 0.3) is 22.3 Å². The fraction of sp³-hybridized carbons (Fsp3) is 0.318. The van der Waals surface area contributed by atoms with E-state index in [1.54, 1.807) is 25.3 Å². The molecule has 0 radical (unpaired) electrons. The number of hydrogen-bond acceptors (Lipinski definition) is 9. The quantitative estimate of drug-likeness (QED) is 0.438. The van der Waals surface area contributed by atoms with Gasteiger partial charge in [0.2, 0.25) is 6.29 Å². The zero-order valence-electron chi connectivity index (χ0n) is 16.5. The van der Waals surface area contributed by atoms with Crippen molar-refractivity contribution >= 4 is 16.9 Å². The summed E-state index contributed by atoms with van der Waals surface area (Å²) in [6.07, 6.45) is -7.54. The van der Waals surface area contributed by atoms with Crippen molar-refractivity contribution in [2.24, 2.45) is 0 Å². The number of fused-ring (bicyclic) bond motifs is 1. The van der Waals surface area contributed by atoms with Crippen LogP contribution in [-0.4, -0.2) is 70.8 Å². The first-order chi connectivity index (χ1) is 14.9. The molecule has 2 aromatic carbocycles. The molecule has 31 heavy (non-hydrogen) atoms. The number of ether oxygens (including phenoxy) is 3. The smallest absolute Gasteiger partial charge is 0.340 e. The molecular weight excluding hydrogens is 408 g/mol. The van der Waals surface area contributed by atoms with E-state index >= 15 is 0 Å². The monoisotopic (exact) mass is 430 g/mol. The van der Waals surface area contributed by atoms with Gasteiger partial charge in [-0.15, -0.1) is 0 Å². The summed E-state index contributed by atoms with van der Waals surface area (Å²) in [6.45, 7) is -0.617. The third-order valence-corrected chi connectivity index (χ3v) is 5.20. The molecule has 0 saturated carbocycles. The normalized spacial score (nSPS) is 26.0. The summed E-state index contributed by atoms with van der Waals surface area (Å²) in [5.74, 6) is 0.522. The van der Waals surface area contributed by atoms with Crippen LogP contribution in [-0.2, 0) is 9.47 Å². The fourth-order valence-corrected chi connectivity index (χ4v) is 3.41. The number of carbonyl (C=O) groups excluding carboxylic acids is 1. The van der Waals surface area contributed by atoms with Crippen molar-refractivity contribution in [2.45, 2.75) is 30.7 Å². The van der Waals surface area contributed by atoms with E-state index in [9.17, 15) is 25.2 Å². The molecule has 0 unspecified atom stereocenters. The molecule has 1 aliphatic heterocycles. The van der Waals surface area contributed by atoms with Gasteiger partial charge in [0.1, 0.15) is 41.5 Å². The highest BCUT2D eigenvalue weighted by Crippen LogP contribution is 2.30. The van der Waals surface area contributed by atoms with Gasteiger partial charge in [-0.2, -0.15) is 0 Å². The molecule has 2 heterocycles. The van der Waals surface area contributed by atoms with E-state index in [1.807, 2.05) is 24.3 Å². The minimum absolute atomic E-state index is 0.173. The molecule has 1 fully saturated rings. The number of methoxy groups -OCH3 is 1. The van der Waals surface area contributed by atoms with Gasteiger partial charge in [-0.1, -0.05) is 0 Å². The maximum absolute atomic E-state index is 12.6. The van der Waals surface area contributed by atoms with E-state index in [0.29, 0.717) is 16.7 Å². The van der Waals surface area contributed by atoms with Crippen LogP contribution in [0.3, 0.4) is 0 Å². The standard InChI is InChI=1S/C22H22O9/c1-28-14-5-2-11(3-6-14)16-9-13-8-12(4-7-15(13)29-16)21(27)31-22-20(26)19(25)18(24)17(10-23)30-22/h2-9,17-20,22-26H,10H2,1H3/t17-,18-,19+,20-,22+/m1/s1. The second-order valence-electron chi connectivity index (χ2n) is 7.19. The van der Waals surface area contributed by atoms with Gasteiger partial charge in [0.15, 0.2) is 0 Å². The Balaban J connectivity index is 1.53. The highest BCUT2D eigenvalue weighted by molar-refractivity contribution is 5.95. The van der Waals surface area contributed by atoms with Gasteiger partial charge in [0.05, 0.1) is 19.3 Å². The maximum Gasteiger partial charge on any atom is 0.340 e. The fourth-order valence-electron chi connectivity index (χ4n) is 3.41. The number of esters is 1. The summed E-state index contributed by atoms with van der Waals surface area (Å²) in [6, 6.07) is 13.8. The third-order valence-electron chi connectivity index (χ3n) is 5.20. The van der Waals surface area contributed by atoms with Gasteiger partial charge >= 0.3 is 5.97 Å². The van der Waals surface area contributed by atoms with Crippen molar-refractivity contribution in [3.8, 4) is 17.1 Å². The minimum Gasteiger partial charge on any atom is -0.497 e. The molecule has 1 aliphatic rings. The lowest BCUT2D eigenvalue weighted by molar-refractivity contribution is -0.285. The lowest BCUT2D eigenvalue weighted by atomic mass is 9.99. The zero-order valence-corrected chi connectivity index (χ0v) is 16.5. The first-order valence-electron chi connectivity index (χ1n) is 9.61. The lowest BCUT2D eigenvalue weighted by Gasteiger charge is -2.39. The van der Waals surface area contributed by atoms with Crippen LogP contribution in [0.5, 0.6) is 5.75 Å². The molecule has 164 valence electrons. The number of furan rings is 1. The third kappa shape index (κ3) is 4.14. The number of hydrogen-bond donors (Lipinski definition) is 4. The van der Waals surface area contributed by atoms with Crippen LogP contribution in [0.15, 0.2) is 52.9 Å². The van der Waals surface area contributed by atoms with Gasteiger partial charge in [0.25, 0.3) is 0 Å². The number of carbonyl (C=O) groups is 1. The van der Waals surface area contributed by atoms with Crippen LogP contribution in [0.4, 0.5) is 0 Å². The molecule has 1 aromatic heterocycles. The van der Waals surface area contributed by atoms with E-state index in [2.05, 4.69) is 0 Å². The lowest BCUT2D eigenvalue weighted by Crippen LogP contribution is -2.59. The largest absolute Gasteiger partial charge is 0.497 e. The van der Waals surface area contributed by atoms with Gasteiger partial charge in [-0.05, 0) is 48.5 Å². The molecule has 5 atom stereocenters. The molecule has 9 heteroatoms. The number of aliphatic hydroxyl groups is 4. The Bertz CT molecular complexity index is 1060. The van der Waals surface area contributed by atoms with Crippen LogP contribution >= 0.6 is 0 Å². The number of benzene rings is 2. The highest BCUT2D eigenvalue weighted by atomic mass is 16.7. The first-order valence-corrected chi connectivity index (χ1v) is 9.61. The first kappa shape index (κ1) is 21.3. The van der Waals surface area contributed by atoms with Crippen LogP contribution in [0.1, 0.15) is 10.4 Å². The van der Waals surface area contributed by atoms with E-state index in [-0.39, 0.29) is 5.56 Å². The Labute approximate surface area is 177 Å². The second-order valence-corrected chi connectivity index (χ2v) is 7.19. The molecule has 1 saturated heterocycles. The Kier molecular flexibility index (Phi) is 5.94. The summed E-state index contributed by atoms with van der Waals surface area (Å²) in [4.78, 5) is 12.6. The van der Waals surface area contributed by atoms with Crippen molar-refractivity contribution < 1.29 is 43.8 Å². The van der Waals surface area contributed by atoms with Crippen molar-refractivity contribution in [1.82, 2.24) is 0 Å². The zero-order chi connectivity index (χ0) is 22.1.